The van der Waals surface area contributed by atoms with Crippen molar-refractivity contribution in [3.63, 3.8) is 0 Å². The van der Waals surface area contributed by atoms with Gasteiger partial charge in [-0.3, -0.25) is 4.57 Å². The van der Waals surface area contributed by atoms with E-state index in [2.05, 4.69) is 24.0 Å². The van der Waals surface area contributed by atoms with Crippen LogP contribution < -0.4 is 5.73 Å². The number of aromatic nitrogens is 3. The highest BCUT2D eigenvalue weighted by molar-refractivity contribution is 7.99. The third-order valence-corrected chi connectivity index (χ3v) is 3.50. The number of nitrogen functional groups attached to an aromatic ring is 1. The Morgan fingerprint density at radius 3 is 2.71 bits per heavy atom. The van der Waals surface area contributed by atoms with Crippen molar-refractivity contribution in [3.8, 4) is 0 Å². The van der Waals surface area contributed by atoms with E-state index in [0.717, 1.165) is 16.8 Å². The smallest absolute Gasteiger partial charge is 0.222 e. The van der Waals surface area contributed by atoms with Gasteiger partial charge >= 0.3 is 0 Å². The van der Waals surface area contributed by atoms with Crippen LogP contribution in [0.15, 0.2) is 5.16 Å². The normalized spacial score (nSPS) is 13.1. The molecule has 1 rings (SSSR count). The number of hydrogen-bond donors (Lipinski definition) is 1. The Morgan fingerprint density at radius 2 is 2.21 bits per heavy atom. The van der Waals surface area contributed by atoms with E-state index in [9.17, 15) is 0 Å². The summed E-state index contributed by atoms with van der Waals surface area (Å²) in [6.07, 6.45) is 2.50. The first-order valence-corrected chi connectivity index (χ1v) is 5.91. The van der Waals surface area contributed by atoms with Crippen molar-refractivity contribution in [2.45, 2.75) is 31.8 Å². The molecule has 5 heteroatoms. The average molecular weight is 214 g/mol. The van der Waals surface area contributed by atoms with Crippen molar-refractivity contribution in [3.05, 3.63) is 0 Å². The van der Waals surface area contributed by atoms with Gasteiger partial charge in [0.25, 0.3) is 0 Å². The maximum Gasteiger partial charge on any atom is 0.222 e. The molecule has 1 heterocycles. The second-order valence-electron chi connectivity index (χ2n) is 3.60. The number of anilines is 1. The maximum absolute atomic E-state index is 5.58. The lowest BCUT2D eigenvalue weighted by Crippen LogP contribution is -2.01. The van der Waals surface area contributed by atoms with Gasteiger partial charge in [0.05, 0.1) is 0 Å². The number of rotatable bonds is 5. The highest BCUT2D eigenvalue weighted by Crippen LogP contribution is 2.21. The van der Waals surface area contributed by atoms with E-state index in [4.69, 9.17) is 5.73 Å². The van der Waals surface area contributed by atoms with Crippen LogP contribution in [0.2, 0.25) is 0 Å². The molecule has 0 aliphatic carbocycles. The second-order valence-corrected chi connectivity index (χ2v) is 4.59. The molecule has 80 valence electrons. The minimum atomic E-state index is 0.482. The largest absolute Gasteiger partial charge is 0.368 e. The van der Waals surface area contributed by atoms with Gasteiger partial charge in [0.2, 0.25) is 5.95 Å². The van der Waals surface area contributed by atoms with Crippen molar-refractivity contribution in [2.75, 3.05) is 11.5 Å². The van der Waals surface area contributed by atoms with Crippen molar-refractivity contribution < 1.29 is 0 Å². The zero-order valence-electron chi connectivity index (χ0n) is 9.03. The molecule has 0 aliphatic rings. The number of thioether (sulfide) groups is 1. The van der Waals surface area contributed by atoms with Crippen molar-refractivity contribution in [2.24, 2.45) is 13.0 Å². The highest BCUT2D eigenvalue weighted by Gasteiger charge is 2.08. The Hall–Kier alpha value is -0.710. The summed E-state index contributed by atoms with van der Waals surface area (Å²) in [6.45, 7) is 4.47. The van der Waals surface area contributed by atoms with Crippen molar-refractivity contribution >= 4 is 17.7 Å². The molecule has 14 heavy (non-hydrogen) atoms. The minimum Gasteiger partial charge on any atom is -0.368 e. The van der Waals surface area contributed by atoms with E-state index in [1.165, 1.54) is 12.8 Å². The molecule has 0 aliphatic heterocycles. The van der Waals surface area contributed by atoms with Gasteiger partial charge in [-0.05, 0) is 5.92 Å². The van der Waals surface area contributed by atoms with E-state index >= 15 is 0 Å². The fourth-order valence-electron chi connectivity index (χ4n) is 1.24. The van der Waals surface area contributed by atoms with Gasteiger partial charge in [-0.25, -0.2) is 0 Å². The molecular formula is C9H18N4S. The third-order valence-electron chi connectivity index (χ3n) is 2.15. The van der Waals surface area contributed by atoms with Gasteiger partial charge in [-0.15, -0.1) is 10.2 Å². The van der Waals surface area contributed by atoms with Gasteiger partial charge in [0, 0.05) is 12.8 Å². The van der Waals surface area contributed by atoms with Gasteiger partial charge in [-0.1, -0.05) is 38.5 Å². The molecule has 0 amide bonds. The highest BCUT2D eigenvalue weighted by atomic mass is 32.2. The molecule has 0 saturated carbocycles. The summed E-state index contributed by atoms with van der Waals surface area (Å²) in [5.74, 6) is 2.29. The van der Waals surface area contributed by atoms with E-state index in [1.807, 2.05) is 11.6 Å². The Bertz CT molecular complexity index is 284. The van der Waals surface area contributed by atoms with Crippen molar-refractivity contribution in [1.82, 2.24) is 14.8 Å². The summed E-state index contributed by atoms with van der Waals surface area (Å²) in [6, 6.07) is 0. The minimum absolute atomic E-state index is 0.482. The number of nitrogens with two attached hydrogens (primary N) is 1. The first kappa shape index (κ1) is 11.4. The molecule has 1 aromatic rings. The summed E-state index contributed by atoms with van der Waals surface area (Å²) in [4.78, 5) is 0. The molecule has 0 fully saturated rings. The van der Waals surface area contributed by atoms with Crippen LogP contribution in [-0.2, 0) is 7.05 Å². The number of nitrogens with zero attached hydrogens (tertiary/aromatic N) is 3. The Labute approximate surface area is 89.3 Å². The quantitative estimate of drug-likeness (QED) is 0.761. The molecule has 0 aromatic carbocycles. The monoisotopic (exact) mass is 214 g/mol. The first-order valence-electron chi connectivity index (χ1n) is 4.92. The van der Waals surface area contributed by atoms with E-state index in [1.54, 1.807) is 11.8 Å². The SMILES string of the molecule is CCCC(C)CSc1nnc(N)n1C. The van der Waals surface area contributed by atoms with Crippen LogP contribution in [0.25, 0.3) is 0 Å². The maximum atomic E-state index is 5.58. The summed E-state index contributed by atoms with van der Waals surface area (Å²) in [5, 5.41) is 8.72. The number of hydrogen-bond acceptors (Lipinski definition) is 4. The van der Waals surface area contributed by atoms with Crippen LogP contribution in [0.4, 0.5) is 5.95 Å². The standard InChI is InChI=1S/C9H18N4S/c1-4-5-7(2)6-14-9-12-11-8(10)13(9)3/h7H,4-6H2,1-3H3,(H2,10,11). The fourth-order valence-corrected chi connectivity index (χ4v) is 2.23. The van der Waals surface area contributed by atoms with Gasteiger partial charge in [0.1, 0.15) is 0 Å². The second kappa shape index (κ2) is 5.24. The van der Waals surface area contributed by atoms with Gasteiger partial charge in [0.15, 0.2) is 5.16 Å². The van der Waals surface area contributed by atoms with Crippen LogP contribution in [0.3, 0.4) is 0 Å². The lowest BCUT2D eigenvalue weighted by Gasteiger charge is -2.08. The average Bonchev–Trinajstić information content (AvgIpc) is 2.46. The Balaban J connectivity index is 2.41. The van der Waals surface area contributed by atoms with Crippen LogP contribution >= 0.6 is 11.8 Å². The molecular weight excluding hydrogens is 196 g/mol. The van der Waals surface area contributed by atoms with Crippen LogP contribution in [0, 0.1) is 5.92 Å². The van der Waals surface area contributed by atoms with E-state index < -0.39 is 0 Å². The van der Waals surface area contributed by atoms with Crippen molar-refractivity contribution in [1.29, 1.82) is 0 Å². The van der Waals surface area contributed by atoms with Gasteiger partial charge < -0.3 is 5.73 Å². The first-order chi connectivity index (χ1) is 6.65. The molecule has 4 nitrogen and oxygen atoms in total. The zero-order chi connectivity index (χ0) is 10.6. The zero-order valence-corrected chi connectivity index (χ0v) is 9.84. The van der Waals surface area contributed by atoms with Gasteiger partial charge in [-0.2, -0.15) is 0 Å². The lowest BCUT2D eigenvalue weighted by atomic mass is 10.1. The predicted octanol–water partition coefficient (Wildman–Crippen LogP) is 1.93. The lowest BCUT2D eigenvalue weighted by molar-refractivity contribution is 0.584. The molecule has 0 bridgehead atoms. The molecule has 2 N–H and O–H groups in total. The molecule has 0 spiro atoms. The van der Waals surface area contributed by atoms with E-state index in [0.29, 0.717) is 5.95 Å². The molecule has 1 unspecified atom stereocenters. The predicted molar refractivity (Wildman–Crippen MR) is 60.2 cm³/mol. The molecule has 0 saturated heterocycles. The Kier molecular flexibility index (Phi) is 4.25. The topological polar surface area (TPSA) is 56.7 Å². The summed E-state index contributed by atoms with van der Waals surface area (Å²) >= 11 is 1.73. The summed E-state index contributed by atoms with van der Waals surface area (Å²) in [7, 11) is 1.89. The summed E-state index contributed by atoms with van der Waals surface area (Å²) < 4.78 is 1.82. The van der Waals surface area contributed by atoms with Crippen LogP contribution in [0.5, 0.6) is 0 Å². The fraction of sp³-hybridized carbons (Fsp3) is 0.778. The molecule has 1 atom stereocenters. The Morgan fingerprint density at radius 1 is 1.50 bits per heavy atom. The van der Waals surface area contributed by atoms with E-state index in [-0.39, 0.29) is 0 Å². The van der Waals surface area contributed by atoms with Crippen LogP contribution in [-0.4, -0.2) is 20.5 Å². The van der Waals surface area contributed by atoms with Crippen LogP contribution in [0.1, 0.15) is 26.7 Å². The molecule has 1 aromatic heterocycles. The molecule has 0 radical (unpaired) electrons. The summed E-state index contributed by atoms with van der Waals surface area (Å²) in [5.41, 5.74) is 5.58. The third kappa shape index (κ3) is 2.90.